The minimum absolute atomic E-state index is 0.647. The van der Waals surface area contributed by atoms with Gasteiger partial charge in [-0.3, -0.25) is 0 Å². The summed E-state index contributed by atoms with van der Waals surface area (Å²) in [6.07, 6.45) is 8.30. The van der Waals surface area contributed by atoms with Gasteiger partial charge in [0.1, 0.15) is 0 Å². The van der Waals surface area contributed by atoms with Crippen LogP contribution in [-0.2, 0) is 4.74 Å². The molecule has 0 N–H and O–H groups in total. The molecule has 1 nitrogen and oxygen atoms in total. The van der Waals surface area contributed by atoms with Gasteiger partial charge in [0.25, 0.3) is 0 Å². The third-order valence-corrected chi connectivity index (χ3v) is 6.66. The molecule has 0 aromatic heterocycles. The zero-order chi connectivity index (χ0) is 9.34. The van der Waals surface area contributed by atoms with Crippen molar-refractivity contribution in [2.75, 3.05) is 6.61 Å². The van der Waals surface area contributed by atoms with Gasteiger partial charge in [-0.25, -0.2) is 0 Å². The van der Waals surface area contributed by atoms with Crippen LogP contribution < -0.4 is 0 Å². The van der Waals surface area contributed by atoms with E-state index in [1.54, 1.807) is 6.42 Å². The first-order valence-electron chi connectivity index (χ1n) is 6.05. The molecule has 5 rings (SSSR count). The molecule has 1 aliphatic heterocycles. The van der Waals surface area contributed by atoms with Gasteiger partial charge in [-0.15, -0.1) is 0 Å². The molecule has 5 fully saturated rings. The lowest BCUT2D eigenvalue weighted by atomic mass is 9.51. The molecular weight excluding hydrogens is 287 g/mol. The first-order valence-corrected chi connectivity index (χ1v) is 7.13. The van der Waals surface area contributed by atoms with Crippen LogP contribution in [-0.4, -0.2) is 16.1 Å². The van der Waals surface area contributed by atoms with Gasteiger partial charge in [0.05, 0.1) is 12.7 Å². The van der Waals surface area contributed by atoms with E-state index in [2.05, 4.69) is 22.6 Å². The zero-order valence-corrected chi connectivity index (χ0v) is 10.6. The van der Waals surface area contributed by atoms with E-state index in [9.17, 15) is 0 Å². The van der Waals surface area contributed by atoms with Crippen LogP contribution in [0.4, 0.5) is 0 Å². The Hall–Kier alpha value is 0.690. The molecule has 1 saturated heterocycles. The predicted molar refractivity (Wildman–Crippen MR) is 63.5 cm³/mol. The lowest BCUT2D eigenvalue weighted by Gasteiger charge is -2.58. The molecule has 0 aromatic rings. The molecule has 0 radical (unpaired) electrons. The van der Waals surface area contributed by atoms with Gasteiger partial charge in [-0.1, -0.05) is 22.6 Å². The van der Waals surface area contributed by atoms with Crippen LogP contribution in [0, 0.1) is 23.7 Å². The fraction of sp³-hybridized carbons (Fsp3) is 1.00. The third kappa shape index (κ3) is 1.10. The molecule has 1 heterocycles. The molecule has 5 aliphatic rings. The third-order valence-electron chi connectivity index (χ3n) is 5.06. The van der Waals surface area contributed by atoms with Crippen LogP contribution in [0.3, 0.4) is 0 Å². The minimum atomic E-state index is 0.647. The maximum atomic E-state index is 5.59. The lowest BCUT2D eigenvalue weighted by molar-refractivity contribution is -0.0196. The van der Waals surface area contributed by atoms with Crippen LogP contribution in [0.25, 0.3) is 0 Å². The zero-order valence-electron chi connectivity index (χ0n) is 8.42. The topological polar surface area (TPSA) is 12.5 Å². The second kappa shape index (κ2) is 2.68. The summed E-state index contributed by atoms with van der Waals surface area (Å²) >= 11 is 2.80. The van der Waals surface area contributed by atoms with Gasteiger partial charge in [0.15, 0.2) is 0 Å². The lowest BCUT2D eigenvalue weighted by Crippen LogP contribution is -2.55. The summed E-state index contributed by atoms with van der Waals surface area (Å²) in [5.74, 6) is 4.13. The second-order valence-corrected chi connectivity index (χ2v) is 8.19. The molecule has 4 aliphatic carbocycles. The molecule has 4 saturated carbocycles. The van der Waals surface area contributed by atoms with Crippen molar-refractivity contribution in [3.8, 4) is 0 Å². The van der Waals surface area contributed by atoms with Crippen molar-refractivity contribution in [3.63, 3.8) is 0 Å². The Morgan fingerprint density at radius 3 is 2.21 bits per heavy atom. The fourth-order valence-corrected chi connectivity index (χ4v) is 7.04. The van der Waals surface area contributed by atoms with E-state index >= 15 is 0 Å². The molecule has 0 spiro atoms. The number of ether oxygens (including phenoxy) is 1. The van der Waals surface area contributed by atoms with E-state index in [1.165, 1.54) is 25.7 Å². The highest BCUT2D eigenvalue weighted by Crippen LogP contribution is 2.64. The number of hydrogen-bond acceptors (Lipinski definition) is 1. The van der Waals surface area contributed by atoms with E-state index in [0.29, 0.717) is 9.53 Å². The molecule has 4 unspecified atom stereocenters. The van der Waals surface area contributed by atoms with Crippen molar-refractivity contribution in [2.24, 2.45) is 23.7 Å². The van der Waals surface area contributed by atoms with Gasteiger partial charge in [0.2, 0.25) is 0 Å². The molecule has 4 bridgehead atoms. The smallest absolute Gasteiger partial charge is 0.0853 e. The van der Waals surface area contributed by atoms with Crippen molar-refractivity contribution in [1.82, 2.24) is 0 Å². The van der Waals surface area contributed by atoms with Crippen LogP contribution in [0.5, 0.6) is 0 Å². The highest BCUT2D eigenvalue weighted by molar-refractivity contribution is 14.1. The monoisotopic (exact) mass is 304 g/mol. The predicted octanol–water partition coefficient (Wildman–Crippen LogP) is 3.02. The Labute approximate surface area is 99.1 Å². The first-order chi connectivity index (χ1) is 6.74. The van der Waals surface area contributed by atoms with Gasteiger partial charge >= 0.3 is 0 Å². The van der Waals surface area contributed by atoms with Crippen molar-refractivity contribution >= 4 is 22.6 Å². The van der Waals surface area contributed by atoms with E-state index in [-0.39, 0.29) is 0 Å². The average Bonchev–Trinajstić information content (AvgIpc) is 2.83. The molecular formula is C12H17IO. The number of epoxide rings is 1. The van der Waals surface area contributed by atoms with E-state index in [0.717, 1.165) is 30.3 Å². The Bertz CT molecular complexity index is 259. The van der Waals surface area contributed by atoms with Crippen LogP contribution in [0.15, 0.2) is 0 Å². The van der Waals surface area contributed by atoms with E-state index < -0.39 is 0 Å². The maximum absolute atomic E-state index is 5.59. The summed E-state index contributed by atoms with van der Waals surface area (Å²) in [4.78, 5) is 0. The van der Waals surface area contributed by atoms with Gasteiger partial charge in [0, 0.05) is 9.34 Å². The summed E-state index contributed by atoms with van der Waals surface area (Å²) in [6, 6.07) is 0. The highest BCUT2D eigenvalue weighted by atomic mass is 127. The molecule has 78 valence electrons. The van der Waals surface area contributed by atoms with Crippen LogP contribution in [0.1, 0.15) is 32.1 Å². The number of halogens is 1. The summed E-state index contributed by atoms with van der Waals surface area (Å²) in [6.45, 7) is 1.07. The first kappa shape index (κ1) is 8.80. The average molecular weight is 304 g/mol. The fourth-order valence-electron chi connectivity index (χ4n) is 4.88. The van der Waals surface area contributed by atoms with E-state index in [1.807, 2.05) is 0 Å². The van der Waals surface area contributed by atoms with Crippen LogP contribution >= 0.6 is 22.6 Å². The molecule has 0 amide bonds. The number of alkyl halides is 1. The van der Waals surface area contributed by atoms with Crippen molar-refractivity contribution < 1.29 is 4.74 Å². The summed E-state index contributed by atoms with van der Waals surface area (Å²) in [5.41, 5.74) is 0. The summed E-state index contributed by atoms with van der Waals surface area (Å²) < 4.78 is 6.24. The van der Waals surface area contributed by atoms with Gasteiger partial charge in [-0.2, -0.15) is 0 Å². The second-order valence-electron chi connectivity index (χ2n) is 6.04. The Balaban J connectivity index is 1.72. The Morgan fingerprint density at radius 1 is 1.07 bits per heavy atom. The molecule has 0 aromatic carbocycles. The van der Waals surface area contributed by atoms with Gasteiger partial charge in [-0.05, 0) is 49.9 Å². The summed E-state index contributed by atoms with van der Waals surface area (Å²) in [5, 5.41) is 0. The Morgan fingerprint density at radius 2 is 1.71 bits per heavy atom. The minimum Gasteiger partial charge on any atom is -0.373 e. The van der Waals surface area contributed by atoms with E-state index in [4.69, 9.17) is 4.74 Å². The largest absolute Gasteiger partial charge is 0.373 e. The molecule has 4 atom stereocenters. The maximum Gasteiger partial charge on any atom is 0.0853 e. The van der Waals surface area contributed by atoms with Crippen molar-refractivity contribution in [2.45, 2.75) is 41.6 Å². The summed E-state index contributed by atoms with van der Waals surface area (Å²) in [7, 11) is 0. The highest BCUT2D eigenvalue weighted by Gasteiger charge is 2.60. The van der Waals surface area contributed by atoms with Crippen molar-refractivity contribution in [3.05, 3.63) is 0 Å². The molecule has 14 heavy (non-hydrogen) atoms. The number of rotatable bonds is 1. The quantitative estimate of drug-likeness (QED) is 0.412. The van der Waals surface area contributed by atoms with Crippen LogP contribution in [0.2, 0.25) is 0 Å². The Kier molecular flexibility index (Phi) is 1.68. The van der Waals surface area contributed by atoms with Gasteiger partial charge < -0.3 is 4.74 Å². The number of hydrogen-bond donors (Lipinski definition) is 0. The SMILES string of the molecule is IC12CC3CC(CC(C3)C1C1CO1)C2. The standard InChI is InChI=1S/C12H17IO/c13-12-4-7-1-8(5-12)3-9(2-7)11(12)10-6-14-10/h7-11H,1-6H2. The molecule has 2 heteroatoms. The normalized spacial score (nSPS) is 64.5. The van der Waals surface area contributed by atoms with Crippen molar-refractivity contribution in [1.29, 1.82) is 0 Å².